The highest BCUT2D eigenvalue weighted by Crippen LogP contribution is 2.17. The van der Waals surface area contributed by atoms with Crippen LogP contribution in [0.15, 0.2) is 48.5 Å². The smallest absolute Gasteiger partial charge is 0.242 e. The Morgan fingerprint density at radius 2 is 1.71 bits per heavy atom. The molecular weight excluding hydrogens is 359 g/mol. The molecule has 2 aromatic carbocycles. The maximum absolute atomic E-state index is 14.0. The summed E-state index contributed by atoms with van der Waals surface area (Å²) in [6.07, 6.45) is -0.109. The van der Waals surface area contributed by atoms with Crippen LogP contribution < -0.4 is 10.1 Å². The quantitative estimate of drug-likeness (QED) is 0.757. The van der Waals surface area contributed by atoms with Gasteiger partial charge in [-0.05, 0) is 50.1 Å². The van der Waals surface area contributed by atoms with Crippen LogP contribution in [0.1, 0.15) is 31.9 Å². The van der Waals surface area contributed by atoms with Gasteiger partial charge in [0.2, 0.25) is 11.8 Å². The second kappa shape index (κ2) is 9.88. The number of carbonyl (C=O) groups is 2. The normalized spacial score (nSPS) is 11.8. The number of rotatable bonds is 8. The first-order valence-corrected chi connectivity index (χ1v) is 9.28. The third kappa shape index (κ3) is 5.81. The molecule has 2 amide bonds. The molecule has 0 spiro atoms. The van der Waals surface area contributed by atoms with E-state index in [1.54, 1.807) is 44.4 Å². The standard InChI is InChI=1S/C22H27FN2O3/c1-15(2)24-22(27)16(3)25(14-17-9-11-19(28-4)12-10-17)21(26)13-18-7-5-6-8-20(18)23/h5-12,15-16H,13-14H2,1-4H3,(H,24,27). The van der Waals surface area contributed by atoms with Gasteiger partial charge >= 0.3 is 0 Å². The largest absolute Gasteiger partial charge is 0.497 e. The summed E-state index contributed by atoms with van der Waals surface area (Å²) in [5.41, 5.74) is 1.16. The SMILES string of the molecule is COc1ccc(CN(C(=O)Cc2ccccc2F)C(C)C(=O)NC(C)C)cc1. The minimum atomic E-state index is -0.691. The summed E-state index contributed by atoms with van der Waals surface area (Å²) in [6.45, 7) is 5.64. The Hall–Kier alpha value is -2.89. The molecule has 28 heavy (non-hydrogen) atoms. The van der Waals surface area contributed by atoms with Crippen LogP contribution in [0, 0.1) is 5.82 Å². The molecule has 0 fully saturated rings. The van der Waals surface area contributed by atoms with Crippen LogP contribution in [0.3, 0.4) is 0 Å². The number of hydrogen-bond acceptors (Lipinski definition) is 3. The number of amides is 2. The van der Waals surface area contributed by atoms with Gasteiger partial charge in [-0.15, -0.1) is 0 Å². The average Bonchev–Trinajstić information content (AvgIpc) is 2.67. The number of methoxy groups -OCH3 is 1. The first-order valence-electron chi connectivity index (χ1n) is 9.28. The van der Waals surface area contributed by atoms with Gasteiger partial charge in [0.25, 0.3) is 0 Å². The first-order chi connectivity index (χ1) is 13.3. The second-order valence-corrected chi connectivity index (χ2v) is 6.98. The van der Waals surface area contributed by atoms with E-state index in [4.69, 9.17) is 4.74 Å². The van der Waals surface area contributed by atoms with E-state index >= 15 is 0 Å². The number of ether oxygens (including phenoxy) is 1. The summed E-state index contributed by atoms with van der Waals surface area (Å²) >= 11 is 0. The predicted octanol–water partition coefficient (Wildman–Crippen LogP) is 3.32. The Balaban J connectivity index is 2.24. The van der Waals surface area contributed by atoms with Crippen molar-refractivity contribution < 1.29 is 18.7 Å². The minimum absolute atomic E-state index is 0.0422. The number of nitrogens with one attached hydrogen (secondary N) is 1. The molecule has 0 aliphatic heterocycles. The number of carbonyl (C=O) groups excluding carboxylic acids is 2. The highest BCUT2D eigenvalue weighted by molar-refractivity contribution is 5.88. The molecular formula is C22H27FN2O3. The minimum Gasteiger partial charge on any atom is -0.497 e. The number of benzene rings is 2. The van der Waals surface area contributed by atoms with Gasteiger partial charge in [0.1, 0.15) is 17.6 Å². The van der Waals surface area contributed by atoms with Gasteiger partial charge in [-0.2, -0.15) is 0 Å². The molecule has 5 nitrogen and oxygen atoms in total. The zero-order valence-electron chi connectivity index (χ0n) is 16.7. The molecule has 0 aliphatic rings. The lowest BCUT2D eigenvalue weighted by Gasteiger charge is -2.29. The fourth-order valence-corrected chi connectivity index (χ4v) is 2.82. The molecule has 0 radical (unpaired) electrons. The van der Waals surface area contributed by atoms with Gasteiger partial charge in [-0.25, -0.2) is 4.39 Å². The number of nitrogens with zero attached hydrogens (tertiary/aromatic N) is 1. The van der Waals surface area contributed by atoms with Crippen molar-refractivity contribution >= 4 is 11.8 Å². The zero-order valence-corrected chi connectivity index (χ0v) is 16.7. The highest BCUT2D eigenvalue weighted by Gasteiger charge is 2.27. The summed E-state index contributed by atoms with van der Waals surface area (Å²) in [7, 11) is 1.58. The lowest BCUT2D eigenvalue weighted by atomic mass is 10.1. The molecule has 150 valence electrons. The summed E-state index contributed by atoms with van der Waals surface area (Å²) < 4.78 is 19.1. The van der Waals surface area contributed by atoms with Crippen LogP contribution in [-0.4, -0.2) is 35.9 Å². The van der Waals surface area contributed by atoms with Crippen molar-refractivity contribution in [3.05, 3.63) is 65.5 Å². The van der Waals surface area contributed by atoms with Gasteiger partial charge in [-0.1, -0.05) is 30.3 Å². The molecule has 1 unspecified atom stereocenters. The zero-order chi connectivity index (χ0) is 20.7. The molecule has 0 heterocycles. The van der Waals surface area contributed by atoms with Crippen LogP contribution in [-0.2, 0) is 22.6 Å². The van der Waals surface area contributed by atoms with Crippen molar-refractivity contribution in [2.75, 3.05) is 7.11 Å². The summed E-state index contributed by atoms with van der Waals surface area (Å²) in [5.74, 6) is -0.282. The van der Waals surface area contributed by atoms with E-state index < -0.39 is 11.9 Å². The molecule has 1 atom stereocenters. The summed E-state index contributed by atoms with van der Waals surface area (Å²) in [6, 6.07) is 12.7. The van der Waals surface area contributed by atoms with Crippen molar-refractivity contribution in [3.8, 4) is 5.75 Å². The monoisotopic (exact) mass is 386 g/mol. The second-order valence-electron chi connectivity index (χ2n) is 6.98. The van der Waals surface area contributed by atoms with Gasteiger partial charge in [0.15, 0.2) is 0 Å². The molecule has 2 aromatic rings. The molecule has 0 bridgehead atoms. The Bertz CT molecular complexity index is 806. The van der Waals surface area contributed by atoms with E-state index in [-0.39, 0.29) is 30.8 Å². The Morgan fingerprint density at radius 1 is 1.07 bits per heavy atom. The lowest BCUT2D eigenvalue weighted by molar-refractivity contribution is -0.140. The van der Waals surface area contributed by atoms with E-state index in [9.17, 15) is 14.0 Å². The van der Waals surface area contributed by atoms with Crippen molar-refractivity contribution in [1.29, 1.82) is 0 Å². The van der Waals surface area contributed by atoms with E-state index in [1.807, 2.05) is 26.0 Å². The molecule has 0 aromatic heterocycles. The summed E-state index contributed by atoms with van der Waals surface area (Å²) in [5, 5.41) is 2.83. The number of halogens is 1. The molecule has 0 aliphatic carbocycles. The van der Waals surface area contributed by atoms with E-state index in [0.717, 1.165) is 5.56 Å². The first kappa shape index (κ1) is 21.4. The van der Waals surface area contributed by atoms with E-state index in [2.05, 4.69) is 5.32 Å². The number of hydrogen-bond donors (Lipinski definition) is 1. The van der Waals surface area contributed by atoms with Crippen LogP contribution in [0.2, 0.25) is 0 Å². The van der Waals surface area contributed by atoms with Crippen molar-refractivity contribution in [1.82, 2.24) is 10.2 Å². The van der Waals surface area contributed by atoms with Gasteiger partial charge in [0.05, 0.1) is 13.5 Å². The van der Waals surface area contributed by atoms with E-state index in [1.165, 1.54) is 11.0 Å². The Kier molecular flexibility index (Phi) is 7.55. The van der Waals surface area contributed by atoms with Crippen LogP contribution in [0.4, 0.5) is 4.39 Å². The fraction of sp³-hybridized carbons (Fsp3) is 0.364. The van der Waals surface area contributed by atoms with Gasteiger partial charge < -0.3 is 15.0 Å². The molecule has 1 N–H and O–H groups in total. The molecule has 0 saturated carbocycles. The highest BCUT2D eigenvalue weighted by atomic mass is 19.1. The molecule has 0 saturated heterocycles. The summed E-state index contributed by atoms with van der Waals surface area (Å²) in [4.78, 5) is 27.0. The fourth-order valence-electron chi connectivity index (χ4n) is 2.82. The van der Waals surface area contributed by atoms with Crippen LogP contribution >= 0.6 is 0 Å². The topological polar surface area (TPSA) is 58.6 Å². The third-order valence-corrected chi connectivity index (χ3v) is 4.41. The van der Waals surface area contributed by atoms with Gasteiger partial charge in [0, 0.05) is 12.6 Å². The van der Waals surface area contributed by atoms with Crippen molar-refractivity contribution in [3.63, 3.8) is 0 Å². The van der Waals surface area contributed by atoms with Crippen LogP contribution in [0.25, 0.3) is 0 Å². The van der Waals surface area contributed by atoms with Gasteiger partial charge in [-0.3, -0.25) is 9.59 Å². The molecule has 6 heteroatoms. The third-order valence-electron chi connectivity index (χ3n) is 4.41. The molecule has 2 rings (SSSR count). The lowest BCUT2D eigenvalue weighted by Crippen LogP contribution is -2.49. The average molecular weight is 386 g/mol. The van der Waals surface area contributed by atoms with Crippen molar-refractivity contribution in [2.24, 2.45) is 0 Å². The van der Waals surface area contributed by atoms with E-state index in [0.29, 0.717) is 11.3 Å². The predicted molar refractivity (Wildman–Crippen MR) is 106 cm³/mol. The maximum Gasteiger partial charge on any atom is 0.242 e. The van der Waals surface area contributed by atoms with Crippen molar-refractivity contribution in [2.45, 2.75) is 45.8 Å². The Morgan fingerprint density at radius 3 is 2.29 bits per heavy atom. The van der Waals surface area contributed by atoms with Crippen LogP contribution in [0.5, 0.6) is 5.75 Å². The Labute approximate surface area is 165 Å². The maximum atomic E-state index is 14.0.